The molecule has 3 nitrogen and oxygen atoms in total. The van der Waals surface area contributed by atoms with Gasteiger partial charge in [-0.1, -0.05) is 30.8 Å². The highest BCUT2D eigenvalue weighted by atomic mass is 32.2. The molecule has 0 unspecified atom stereocenters. The predicted octanol–water partition coefficient (Wildman–Crippen LogP) is 4.94. The van der Waals surface area contributed by atoms with Crippen LogP contribution in [0.1, 0.15) is 18.3 Å². The number of nitrogens with zero attached hydrogens (tertiary/aromatic N) is 3. The number of hydrogen-bond donors (Lipinski definition) is 0. The van der Waals surface area contributed by atoms with Gasteiger partial charge in [-0.25, -0.2) is 4.39 Å². The first-order valence-corrected chi connectivity index (χ1v) is 9.24. The van der Waals surface area contributed by atoms with Gasteiger partial charge in [-0.3, -0.25) is 4.40 Å². The topological polar surface area (TPSA) is 30.2 Å². The Labute approximate surface area is 141 Å². The zero-order valence-corrected chi connectivity index (χ0v) is 14.1. The van der Waals surface area contributed by atoms with E-state index in [4.69, 9.17) is 0 Å². The lowest BCUT2D eigenvalue weighted by Crippen LogP contribution is -2.03. The normalized spacial score (nSPS) is 11.6. The Kier molecular flexibility index (Phi) is 3.79. The fourth-order valence-electron chi connectivity index (χ4n) is 2.67. The van der Waals surface area contributed by atoms with E-state index >= 15 is 0 Å². The van der Waals surface area contributed by atoms with Gasteiger partial charge in [0.2, 0.25) is 0 Å². The van der Waals surface area contributed by atoms with Gasteiger partial charge in [-0.2, -0.15) is 0 Å². The molecule has 116 valence electrons. The summed E-state index contributed by atoms with van der Waals surface area (Å²) in [4.78, 5) is 0. The summed E-state index contributed by atoms with van der Waals surface area (Å²) in [6.45, 7) is 2.08. The van der Waals surface area contributed by atoms with E-state index in [0.29, 0.717) is 5.75 Å². The molecule has 0 spiro atoms. The highest BCUT2D eigenvalue weighted by Crippen LogP contribution is 2.32. The van der Waals surface area contributed by atoms with Gasteiger partial charge in [0.15, 0.2) is 0 Å². The number of rotatable bonds is 4. The van der Waals surface area contributed by atoms with Crippen molar-refractivity contribution >= 4 is 38.8 Å². The Bertz CT molecular complexity index is 990. The van der Waals surface area contributed by atoms with Gasteiger partial charge in [0.05, 0.1) is 15.7 Å². The maximum Gasteiger partial charge on any atom is 0.143 e. The van der Waals surface area contributed by atoms with Crippen molar-refractivity contribution in [3.63, 3.8) is 0 Å². The minimum Gasteiger partial charge on any atom is -0.293 e. The molecule has 0 N–H and O–H groups in total. The maximum absolute atomic E-state index is 13.3. The number of fused-ring (bicyclic) bond motifs is 3. The second kappa shape index (κ2) is 5.94. The van der Waals surface area contributed by atoms with Crippen molar-refractivity contribution in [2.45, 2.75) is 24.1 Å². The lowest BCUT2D eigenvalue weighted by atomic mass is 10.2. The van der Waals surface area contributed by atoms with Gasteiger partial charge in [0, 0.05) is 12.2 Å². The molecule has 0 saturated heterocycles. The summed E-state index contributed by atoms with van der Waals surface area (Å²) in [5.41, 5.74) is 3.22. The molecule has 0 atom stereocenters. The average Bonchev–Trinajstić information content (AvgIpc) is 3.14. The van der Waals surface area contributed by atoms with E-state index in [0.717, 1.165) is 28.4 Å². The molecule has 23 heavy (non-hydrogen) atoms. The first-order chi connectivity index (χ1) is 11.3. The summed E-state index contributed by atoms with van der Waals surface area (Å²) in [5, 5.41) is 11.8. The van der Waals surface area contributed by atoms with Gasteiger partial charge in [-0.15, -0.1) is 21.5 Å². The zero-order valence-electron chi connectivity index (χ0n) is 12.5. The molecule has 0 aliphatic heterocycles. The summed E-state index contributed by atoms with van der Waals surface area (Å²) in [6.07, 6.45) is 0.831. The van der Waals surface area contributed by atoms with Crippen molar-refractivity contribution < 1.29 is 4.39 Å². The fourth-order valence-corrected chi connectivity index (χ4v) is 4.35. The van der Waals surface area contributed by atoms with E-state index in [1.165, 1.54) is 16.3 Å². The Morgan fingerprint density at radius 1 is 1.17 bits per heavy atom. The molecular weight excluding hydrogens is 329 g/mol. The van der Waals surface area contributed by atoms with Crippen molar-refractivity contribution in [1.29, 1.82) is 0 Å². The zero-order chi connectivity index (χ0) is 15.8. The Morgan fingerprint density at radius 3 is 2.91 bits per heavy atom. The predicted molar refractivity (Wildman–Crippen MR) is 93.7 cm³/mol. The third-order valence-electron chi connectivity index (χ3n) is 3.74. The Morgan fingerprint density at radius 2 is 2.09 bits per heavy atom. The van der Waals surface area contributed by atoms with Crippen LogP contribution in [0.2, 0.25) is 0 Å². The third kappa shape index (κ3) is 2.62. The first-order valence-electron chi connectivity index (χ1n) is 7.37. The van der Waals surface area contributed by atoms with Crippen molar-refractivity contribution in [3.8, 4) is 0 Å². The molecule has 1 aromatic carbocycles. The standard InChI is InChI=1S/C17H14FN3S2/c1-2-16-19-20-17(23-10-11-4-3-5-12(18)8-11)14-9-15-13(21(14)16)6-7-22-15/h3-9H,2,10H2,1H3. The summed E-state index contributed by atoms with van der Waals surface area (Å²) in [7, 11) is 0. The quantitative estimate of drug-likeness (QED) is 0.492. The highest BCUT2D eigenvalue weighted by molar-refractivity contribution is 7.98. The molecule has 6 heteroatoms. The van der Waals surface area contributed by atoms with Crippen LogP contribution >= 0.6 is 23.1 Å². The SMILES string of the molecule is CCc1nnc(SCc2cccc(F)c2)c2cc3sccc3n12. The number of aromatic nitrogens is 3. The van der Waals surface area contributed by atoms with E-state index in [9.17, 15) is 4.39 Å². The van der Waals surface area contributed by atoms with Crippen molar-refractivity contribution in [3.05, 3.63) is 59.0 Å². The van der Waals surface area contributed by atoms with Crippen molar-refractivity contribution in [2.24, 2.45) is 0 Å². The van der Waals surface area contributed by atoms with E-state index in [2.05, 4.69) is 39.0 Å². The molecular formula is C17H14FN3S2. The van der Waals surface area contributed by atoms with Crippen LogP contribution in [0, 0.1) is 5.82 Å². The Hall–Kier alpha value is -1.92. The monoisotopic (exact) mass is 343 g/mol. The average molecular weight is 343 g/mol. The molecule has 3 aromatic heterocycles. The summed E-state index contributed by atoms with van der Waals surface area (Å²) in [5.74, 6) is 1.43. The number of hydrogen-bond acceptors (Lipinski definition) is 4. The van der Waals surface area contributed by atoms with Crippen LogP contribution in [-0.2, 0) is 12.2 Å². The largest absolute Gasteiger partial charge is 0.293 e. The molecule has 0 amide bonds. The second-order valence-electron chi connectivity index (χ2n) is 5.23. The maximum atomic E-state index is 13.3. The van der Waals surface area contributed by atoms with Crippen molar-refractivity contribution in [1.82, 2.24) is 14.6 Å². The molecule has 0 fully saturated rings. The van der Waals surface area contributed by atoms with E-state index in [1.54, 1.807) is 35.2 Å². The van der Waals surface area contributed by atoms with Crippen LogP contribution in [-0.4, -0.2) is 14.6 Å². The van der Waals surface area contributed by atoms with Gasteiger partial charge in [-0.05, 0) is 35.2 Å². The van der Waals surface area contributed by atoms with E-state index in [1.807, 2.05) is 6.07 Å². The van der Waals surface area contributed by atoms with Crippen LogP contribution in [0.15, 0.2) is 46.8 Å². The summed E-state index contributed by atoms with van der Waals surface area (Å²) in [6, 6.07) is 11.0. The van der Waals surface area contributed by atoms with Crippen LogP contribution in [0.5, 0.6) is 0 Å². The van der Waals surface area contributed by atoms with Gasteiger partial charge < -0.3 is 0 Å². The number of aryl methyl sites for hydroxylation is 1. The Balaban J connectivity index is 1.75. The molecule has 4 rings (SSSR count). The number of halogens is 1. The minimum atomic E-state index is -0.205. The lowest BCUT2D eigenvalue weighted by molar-refractivity contribution is 0.626. The summed E-state index contributed by atoms with van der Waals surface area (Å²) < 4.78 is 16.7. The second-order valence-corrected chi connectivity index (χ2v) is 7.14. The molecule has 3 heterocycles. The van der Waals surface area contributed by atoms with Crippen LogP contribution in [0.25, 0.3) is 15.7 Å². The van der Waals surface area contributed by atoms with Crippen LogP contribution < -0.4 is 0 Å². The van der Waals surface area contributed by atoms with Gasteiger partial charge in [0.25, 0.3) is 0 Å². The minimum absolute atomic E-state index is 0.205. The van der Waals surface area contributed by atoms with Gasteiger partial charge in [0.1, 0.15) is 16.7 Å². The third-order valence-corrected chi connectivity index (χ3v) is 5.63. The smallest absolute Gasteiger partial charge is 0.143 e. The lowest BCUT2D eigenvalue weighted by Gasteiger charge is -2.07. The molecule has 0 aliphatic rings. The number of benzene rings is 1. The van der Waals surface area contributed by atoms with Crippen LogP contribution in [0.3, 0.4) is 0 Å². The molecule has 4 aromatic rings. The van der Waals surface area contributed by atoms with Gasteiger partial charge >= 0.3 is 0 Å². The fraction of sp³-hybridized carbons (Fsp3) is 0.176. The number of thiophene rings is 1. The van der Waals surface area contributed by atoms with E-state index in [-0.39, 0.29) is 5.82 Å². The van der Waals surface area contributed by atoms with Crippen LogP contribution in [0.4, 0.5) is 4.39 Å². The highest BCUT2D eigenvalue weighted by Gasteiger charge is 2.13. The number of thioether (sulfide) groups is 1. The van der Waals surface area contributed by atoms with Crippen molar-refractivity contribution in [2.75, 3.05) is 0 Å². The molecule has 0 bridgehead atoms. The molecule has 0 aliphatic carbocycles. The molecule has 0 radical (unpaired) electrons. The van der Waals surface area contributed by atoms with E-state index < -0.39 is 0 Å². The molecule has 0 saturated carbocycles. The summed E-state index contributed by atoms with van der Waals surface area (Å²) >= 11 is 3.32. The first kappa shape index (κ1) is 14.7.